The fraction of sp³-hybridized carbons (Fsp3) is 0.824. The Kier molecular flexibility index (Phi) is 5.68. The molecule has 120 valence electrons. The number of aromatic nitrogens is 2. The number of nitrogens with zero attached hydrogens (tertiary/aromatic N) is 2. The zero-order chi connectivity index (χ0) is 15.3. The van der Waals surface area contributed by atoms with Crippen LogP contribution >= 0.6 is 0 Å². The lowest BCUT2D eigenvalue weighted by molar-refractivity contribution is 0.153. The van der Waals surface area contributed by atoms with Gasteiger partial charge in [0.1, 0.15) is 0 Å². The predicted molar refractivity (Wildman–Crippen MR) is 87.5 cm³/mol. The van der Waals surface area contributed by atoms with Gasteiger partial charge in [-0.05, 0) is 42.9 Å². The summed E-state index contributed by atoms with van der Waals surface area (Å²) in [6, 6.07) is 0. The van der Waals surface area contributed by atoms with Gasteiger partial charge in [0.15, 0.2) is 0 Å². The lowest BCUT2D eigenvalue weighted by Gasteiger charge is -2.37. The van der Waals surface area contributed by atoms with Crippen molar-refractivity contribution >= 4 is 5.69 Å². The molecule has 1 aromatic rings. The predicted octanol–water partition coefficient (Wildman–Crippen LogP) is 3.79. The van der Waals surface area contributed by atoms with Crippen LogP contribution in [0.4, 0.5) is 5.69 Å². The Labute approximate surface area is 129 Å². The minimum absolute atomic E-state index is 0.473. The van der Waals surface area contributed by atoms with Gasteiger partial charge in [-0.1, -0.05) is 20.8 Å². The highest BCUT2D eigenvalue weighted by molar-refractivity contribution is 5.38. The van der Waals surface area contributed by atoms with Crippen LogP contribution in [0.25, 0.3) is 0 Å². The third-order valence-corrected chi connectivity index (χ3v) is 4.82. The van der Waals surface area contributed by atoms with Gasteiger partial charge < -0.3 is 10.1 Å². The topological polar surface area (TPSA) is 39.1 Å². The molecule has 0 atom stereocenters. The number of nitrogens with one attached hydrogen (secondary N) is 1. The molecule has 1 N–H and O–H groups in total. The Morgan fingerprint density at radius 3 is 2.62 bits per heavy atom. The van der Waals surface area contributed by atoms with Crippen LogP contribution in [0.1, 0.15) is 46.5 Å². The molecule has 1 aliphatic rings. The fourth-order valence-corrected chi connectivity index (χ4v) is 3.26. The van der Waals surface area contributed by atoms with E-state index >= 15 is 0 Å². The van der Waals surface area contributed by atoms with Crippen LogP contribution in [-0.4, -0.2) is 30.0 Å². The smallest absolute Gasteiger partial charge is 0.0726 e. The number of ether oxygens (including phenoxy) is 1. The van der Waals surface area contributed by atoms with Gasteiger partial charge in [-0.3, -0.25) is 4.68 Å². The highest BCUT2D eigenvalue weighted by Gasteiger charge is 2.29. The third kappa shape index (κ3) is 5.03. The maximum atomic E-state index is 5.07. The molecular weight excluding hydrogens is 262 g/mol. The Morgan fingerprint density at radius 2 is 2.00 bits per heavy atom. The molecule has 0 bridgehead atoms. The Morgan fingerprint density at radius 1 is 1.29 bits per heavy atom. The average Bonchev–Trinajstić information content (AvgIpc) is 2.90. The summed E-state index contributed by atoms with van der Waals surface area (Å²) in [7, 11) is 1.72. The van der Waals surface area contributed by atoms with Crippen LogP contribution in [0.5, 0.6) is 0 Å². The number of rotatable bonds is 6. The Balaban J connectivity index is 1.71. The Bertz CT molecular complexity index is 414. The van der Waals surface area contributed by atoms with Crippen molar-refractivity contribution in [2.24, 2.45) is 17.3 Å². The average molecular weight is 293 g/mol. The van der Waals surface area contributed by atoms with Gasteiger partial charge >= 0.3 is 0 Å². The molecule has 1 aliphatic carbocycles. The maximum Gasteiger partial charge on any atom is 0.0726 e. The summed E-state index contributed by atoms with van der Waals surface area (Å²) >= 11 is 0. The second-order valence-corrected chi connectivity index (χ2v) is 7.45. The monoisotopic (exact) mass is 293 g/mol. The van der Waals surface area contributed by atoms with Crippen LogP contribution in [0.2, 0.25) is 0 Å². The molecule has 1 fully saturated rings. The largest absolute Gasteiger partial charge is 0.383 e. The summed E-state index contributed by atoms with van der Waals surface area (Å²) in [4.78, 5) is 0. The molecule has 0 spiro atoms. The third-order valence-electron chi connectivity index (χ3n) is 4.82. The van der Waals surface area contributed by atoms with E-state index < -0.39 is 0 Å². The van der Waals surface area contributed by atoms with Crippen LogP contribution in [-0.2, 0) is 11.3 Å². The van der Waals surface area contributed by atoms with Gasteiger partial charge in [-0.15, -0.1) is 0 Å². The number of anilines is 1. The van der Waals surface area contributed by atoms with Gasteiger partial charge in [0, 0.05) is 19.9 Å². The van der Waals surface area contributed by atoms with Gasteiger partial charge in [0.2, 0.25) is 0 Å². The van der Waals surface area contributed by atoms with E-state index in [1.165, 1.54) is 25.7 Å². The molecule has 0 aliphatic heterocycles. The van der Waals surface area contributed by atoms with Crippen LogP contribution < -0.4 is 5.32 Å². The van der Waals surface area contributed by atoms with Gasteiger partial charge in [0.25, 0.3) is 0 Å². The summed E-state index contributed by atoms with van der Waals surface area (Å²) in [6.45, 7) is 9.74. The molecule has 4 nitrogen and oxygen atoms in total. The SMILES string of the molecule is COCCn1cc(NCC2CCC(C(C)(C)C)CC2)cn1. The van der Waals surface area contributed by atoms with Crippen LogP contribution in [0.3, 0.4) is 0 Å². The highest BCUT2D eigenvalue weighted by atomic mass is 16.5. The van der Waals surface area contributed by atoms with Crippen molar-refractivity contribution < 1.29 is 4.74 Å². The van der Waals surface area contributed by atoms with E-state index in [2.05, 4.69) is 37.4 Å². The minimum atomic E-state index is 0.473. The molecule has 1 aromatic heterocycles. The van der Waals surface area contributed by atoms with E-state index in [1.54, 1.807) is 7.11 Å². The van der Waals surface area contributed by atoms with Gasteiger partial charge in [0.05, 0.1) is 25.0 Å². The van der Waals surface area contributed by atoms with Crippen molar-refractivity contribution in [3.8, 4) is 0 Å². The van der Waals surface area contributed by atoms with Gasteiger partial charge in [-0.25, -0.2) is 0 Å². The zero-order valence-corrected chi connectivity index (χ0v) is 14.1. The first-order valence-electron chi connectivity index (χ1n) is 8.24. The molecular formula is C17H31N3O. The summed E-state index contributed by atoms with van der Waals surface area (Å²) in [5.41, 5.74) is 1.60. The van der Waals surface area contributed by atoms with Crippen LogP contribution in [0, 0.1) is 17.3 Å². The van der Waals surface area contributed by atoms with E-state index in [0.29, 0.717) is 12.0 Å². The summed E-state index contributed by atoms with van der Waals surface area (Å²) in [5, 5.41) is 7.88. The fourth-order valence-electron chi connectivity index (χ4n) is 3.26. The first kappa shape index (κ1) is 16.3. The van der Waals surface area contributed by atoms with Crippen molar-refractivity contribution in [1.29, 1.82) is 0 Å². The number of hydrogen-bond acceptors (Lipinski definition) is 3. The second kappa shape index (κ2) is 7.30. The first-order chi connectivity index (χ1) is 9.99. The normalized spacial score (nSPS) is 23.2. The van der Waals surface area contributed by atoms with Crippen molar-refractivity contribution in [2.45, 2.75) is 53.0 Å². The quantitative estimate of drug-likeness (QED) is 0.867. The summed E-state index contributed by atoms with van der Waals surface area (Å²) in [6.07, 6.45) is 9.45. The Hall–Kier alpha value is -1.03. The van der Waals surface area contributed by atoms with E-state index in [9.17, 15) is 0 Å². The first-order valence-corrected chi connectivity index (χ1v) is 8.24. The molecule has 0 amide bonds. The van der Waals surface area contributed by atoms with E-state index in [-0.39, 0.29) is 0 Å². The lowest BCUT2D eigenvalue weighted by atomic mass is 9.70. The van der Waals surface area contributed by atoms with Crippen molar-refractivity contribution in [3.05, 3.63) is 12.4 Å². The number of methoxy groups -OCH3 is 1. The van der Waals surface area contributed by atoms with Crippen molar-refractivity contribution in [3.63, 3.8) is 0 Å². The molecule has 2 rings (SSSR count). The lowest BCUT2D eigenvalue weighted by Crippen LogP contribution is -2.28. The minimum Gasteiger partial charge on any atom is -0.383 e. The van der Waals surface area contributed by atoms with Crippen molar-refractivity contribution in [2.75, 3.05) is 25.6 Å². The molecule has 1 heterocycles. The summed E-state index contributed by atoms with van der Waals surface area (Å²) < 4.78 is 7.00. The molecule has 1 saturated carbocycles. The van der Waals surface area contributed by atoms with E-state index in [4.69, 9.17) is 4.74 Å². The van der Waals surface area contributed by atoms with Crippen molar-refractivity contribution in [1.82, 2.24) is 9.78 Å². The molecule has 21 heavy (non-hydrogen) atoms. The standard InChI is InChI=1S/C17H31N3O/c1-17(2,3)15-7-5-14(6-8-15)11-18-16-12-19-20(13-16)9-10-21-4/h12-15,18H,5-11H2,1-4H3. The number of hydrogen-bond donors (Lipinski definition) is 1. The molecule has 0 saturated heterocycles. The molecule has 0 aromatic carbocycles. The zero-order valence-electron chi connectivity index (χ0n) is 14.1. The molecule has 0 unspecified atom stereocenters. The van der Waals surface area contributed by atoms with Gasteiger partial charge in [-0.2, -0.15) is 5.10 Å². The van der Waals surface area contributed by atoms with E-state index in [0.717, 1.165) is 30.6 Å². The maximum absolute atomic E-state index is 5.07. The summed E-state index contributed by atoms with van der Waals surface area (Å²) in [5.74, 6) is 1.71. The molecule has 4 heteroatoms. The van der Waals surface area contributed by atoms with Crippen LogP contribution in [0.15, 0.2) is 12.4 Å². The highest BCUT2D eigenvalue weighted by Crippen LogP contribution is 2.39. The second-order valence-electron chi connectivity index (χ2n) is 7.45. The van der Waals surface area contributed by atoms with E-state index in [1.807, 2.05) is 10.9 Å². The molecule has 0 radical (unpaired) electrons.